The molecule has 1 heterocycles. The summed E-state index contributed by atoms with van der Waals surface area (Å²) in [6, 6.07) is 0.110. The number of hydrogen-bond acceptors (Lipinski definition) is 3. The van der Waals surface area contributed by atoms with Crippen LogP contribution in [0.3, 0.4) is 0 Å². The second kappa shape index (κ2) is 6.48. The Bertz CT molecular complexity index is 256. The number of carbonyl (C=O) groups excluding carboxylic acids is 2. The molecule has 5 heteroatoms. The molecule has 92 valence electrons. The summed E-state index contributed by atoms with van der Waals surface area (Å²) in [6.07, 6.45) is 2.31. The van der Waals surface area contributed by atoms with E-state index >= 15 is 0 Å². The van der Waals surface area contributed by atoms with Crippen LogP contribution >= 0.6 is 0 Å². The van der Waals surface area contributed by atoms with Gasteiger partial charge in [0.15, 0.2) is 0 Å². The lowest BCUT2D eigenvalue weighted by Gasteiger charge is -2.30. The van der Waals surface area contributed by atoms with E-state index in [2.05, 4.69) is 17.6 Å². The third-order valence-corrected chi connectivity index (χ3v) is 2.70. The van der Waals surface area contributed by atoms with Gasteiger partial charge in [-0.05, 0) is 19.4 Å². The zero-order valence-corrected chi connectivity index (χ0v) is 10.1. The minimum Gasteiger partial charge on any atom is -0.350 e. The molecule has 0 aromatic heterocycles. The van der Waals surface area contributed by atoms with Gasteiger partial charge in [0.2, 0.25) is 11.8 Å². The fourth-order valence-corrected chi connectivity index (χ4v) is 1.79. The van der Waals surface area contributed by atoms with Crippen molar-refractivity contribution >= 4 is 11.8 Å². The van der Waals surface area contributed by atoms with Gasteiger partial charge in [-0.15, -0.1) is 0 Å². The smallest absolute Gasteiger partial charge is 0.234 e. The van der Waals surface area contributed by atoms with Crippen LogP contribution in [0.1, 0.15) is 26.2 Å². The van der Waals surface area contributed by atoms with Gasteiger partial charge in [0.1, 0.15) is 0 Å². The molecule has 1 fully saturated rings. The lowest BCUT2D eigenvalue weighted by molar-refractivity contribution is -0.133. The third-order valence-electron chi connectivity index (χ3n) is 2.70. The van der Waals surface area contributed by atoms with E-state index in [0.29, 0.717) is 19.5 Å². The van der Waals surface area contributed by atoms with Gasteiger partial charge >= 0.3 is 0 Å². The molecule has 0 aliphatic carbocycles. The highest BCUT2D eigenvalue weighted by molar-refractivity contribution is 5.80. The highest BCUT2D eigenvalue weighted by Gasteiger charge is 2.23. The second-order valence-corrected chi connectivity index (χ2v) is 4.25. The number of carbonyl (C=O) groups is 2. The number of likely N-dealkylation sites (N-methyl/N-ethyl adjacent to an activating group) is 1. The molecule has 0 aromatic rings. The molecule has 0 aromatic carbocycles. The van der Waals surface area contributed by atoms with E-state index in [1.165, 1.54) is 0 Å². The molecule has 0 saturated carbocycles. The molecule has 5 nitrogen and oxygen atoms in total. The summed E-state index contributed by atoms with van der Waals surface area (Å²) in [5.74, 6) is 0.177. The molecule has 1 atom stereocenters. The van der Waals surface area contributed by atoms with Crippen molar-refractivity contribution in [3.8, 4) is 0 Å². The number of amides is 2. The molecule has 2 N–H and O–H groups in total. The largest absolute Gasteiger partial charge is 0.350 e. The average Bonchev–Trinajstić information content (AvgIpc) is 2.24. The maximum Gasteiger partial charge on any atom is 0.234 e. The van der Waals surface area contributed by atoms with Gasteiger partial charge in [-0.1, -0.05) is 6.92 Å². The van der Waals surface area contributed by atoms with Crippen molar-refractivity contribution < 1.29 is 9.59 Å². The van der Waals surface area contributed by atoms with Crippen LogP contribution in [-0.4, -0.2) is 49.4 Å². The number of nitrogens with one attached hydrogen (secondary N) is 2. The Labute approximate surface area is 96.6 Å². The van der Waals surface area contributed by atoms with Crippen molar-refractivity contribution in [2.75, 3.05) is 26.7 Å². The van der Waals surface area contributed by atoms with Crippen LogP contribution < -0.4 is 10.6 Å². The van der Waals surface area contributed by atoms with E-state index in [-0.39, 0.29) is 17.9 Å². The average molecular weight is 227 g/mol. The van der Waals surface area contributed by atoms with Crippen molar-refractivity contribution in [2.24, 2.45) is 0 Å². The van der Waals surface area contributed by atoms with Crippen LogP contribution in [0, 0.1) is 0 Å². The Morgan fingerprint density at radius 3 is 2.94 bits per heavy atom. The van der Waals surface area contributed by atoms with Gasteiger partial charge in [-0.2, -0.15) is 0 Å². The molecule has 2 amide bonds. The summed E-state index contributed by atoms with van der Waals surface area (Å²) < 4.78 is 0. The van der Waals surface area contributed by atoms with Gasteiger partial charge in [-0.3, -0.25) is 9.59 Å². The Balaban J connectivity index is 2.21. The molecular formula is C11H21N3O2. The van der Waals surface area contributed by atoms with E-state index in [1.807, 2.05) is 0 Å². The summed E-state index contributed by atoms with van der Waals surface area (Å²) in [6.45, 7) is 3.91. The predicted molar refractivity (Wildman–Crippen MR) is 62.0 cm³/mol. The molecule has 1 aliphatic heterocycles. The Kier molecular flexibility index (Phi) is 5.25. The van der Waals surface area contributed by atoms with E-state index in [1.54, 1.807) is 11.9 Å². The first-order valence-electron chi connectivity index (χ1n) is 5.87. The molecule has 0 bridgehead atoms. The fraction of sp³-hybridized carbons (Fsp3) is 0.818. The molecule has 1 unspecified atom stereocenters. The highest BCUT2D eigenvalue weighted by atomic mass is 16.2. The predicted octanol–water partition coefficient (Wildman–Crippen LogP) is -0.277. The number of piperidine rings is 1. The maximum atomic E-state index is 11.5. The van der Waals surface area contributed by atoms with Gasteiger partial charge in [0.25, 0.3) is 0 Å². The van der Waals surface area contributed by atoms with E-state index in [4.69, 9.17) is 0 Å². The zero-order chi connectivity index (χ0) is 12.0. The first-order chi connectivity index (χ1) is 7.63. The van der Waals surface area contributed by atoms with Crippen LogP contribution in [0.5, 0.6) is 0 Å². The highest BCUT2D eigenvalue weighted by Crippen LogP contribution is 2.09. The molecule has 1 rings (SSSR count). The lowest BCUT2D eigenvalue weighted by Crippen LogP contribution is -2.50. The normalized spacial score (nSPS) is 21.0. The number of nitrogens with zero attached hydrogens (tertiary/aromatic N) is 1. The van der Waals surface area contributed by atoms with Crippen molar-refractivity contribution in [3.05, 3.63) is 0 Å². The van der Waals surface area contributed by atoms with Crippen LogP contribution in [0.25, 0.3) is 0 Å². The van der Waals surface area contributed by atoms with Gasteiger partial charge in [0.05, 0.1) is 6.54 Å². The maximum absolute atomic E-state index is 11.5. The van der Waals surface area contributed by atoms with Gasteiger partial charge in [-0.25, -0.2) is 0 Å². The van der Waals surface area contributed by atoms with E-state index < -0.39 is 0 Å². The van der Waals surface area contributed by atoms with Crippen LogP contribution in [0.2, 0.25) is 0 Å². The minimum atomic E-state index is 0.0150. The Hall–Kier alpha value is -1.10. The summed E-state index contributed by atoms with van der Waals surface area (Å²) in [7, 11) is 1.77. The van der Waals surface area contributed by atoms with Crippen molar-refractivity contribution in [1.82, 2.24) is 15.5 Å². The quantitative estimate of drug-likeness (QED) is 0.635. The Morgan fingerprint density at radius 2 is 2.31 bits per heavy atom. The molecule has 1 saturated heterocycles. The van der Waals surface area contributed by atoms with Crippen molar-refractivity contribution in [3.63, 3.8) is 0 Å². The zero-order valence-electron chi connectivity index (χ0n) is 10.1. The topological polar surface area (TPSA) is 61.4 Å². The van der Waals surface area contributed by atoms with Crippen molar-refractivity contribution in [1.29, 1.82) is 0 Å². The summed E-state index contributed by atoms with van der Waals surface area (Å²) >= 11 is 0. The standard InChI is InChI=1S/C11H21N3O2/c1-3-6-12-7-10(15)13-9-4-5-11(16)14(2)8-9/h9,12H,3-8H2,1-2H3,(H,13,15). The molecule has 0 radical (unpaired) electrons. The molecular weight excluding hydrogens is 206 g/mol. The van der Waals surface area contributed by atoms with Crippen LogP contribution in [0.15, 0.2) is 0 Å². The van der Waals surface area contributed by atoms with E-state index in [9.17, 15) is 9.59 Å². The number of rotatable bonds is 5. The monoisotopic (exact) mass is 227 g/mol. The van der Waals surface area contributed by atoms with Crippen LogP contribution in [0.4, 0.5) is 0 Å². The van der Waals surface area contributed by atoms with Crippen LogP contribution in [-0.2, 0) is 9.59 Å². The summed E-state index contributed by atoms with van der Waals surface area (Å²) in [4.78, 5) is 24.4. The SMILES string of the molecule is CCCNCC(=O)NC1CCC(=O)N(C)C1. The number of hydrogen-bond donors (Lipinski definition) is 2. The number of likely N-dealkylation sites (tertiary alicyclic amines) is 1. The fourth-order valence-electron chi connectivity index (χ4n) is 1.79. The summed E-state index contributed by atoms with van der Waals surface area (Å²) in [5, 5.41) is 5.99. The molecule has 16 heavy (non-hydrogen) atoms. The third kappa shape index (κ3) is 4.18. The Morgan fingerprint density at radius 1 is 1.56 bits per heavy atom. The summed E-state index contributed by atoms with van der Waals surface area (Å²) in [5.41, 5.74) is 0. The lowest BCUT2D eigenvalue weighted by atomic mass is 10.1. The molecule has 0 spiro atoms. The molecule has 1 aliphatic rings. The first-order valence-corrected chi connectivity index (χ1v) is 5.87. The second-order valence-electron chi connectivity index (χ2n) is 4.25. The minimum absolute atomic E-state index is 0.0150. The van der Waals surface area contributed by atoms with E-state index in [0.717, 1.165) is 19.4 Å². The first kappa shape index (κ1) is 13.0. The van der Waals surface area contributed by atoms with Gasteiger partial charge < -0.3 is 15.5 Å². The van der Waals surface area contributed by atoms with Gasteiger partial charge in [0, 0.05) is 26.1 Å². The van der Waals surface area contributed by atoms with Crippen molar-refractivity contribution in [2.45, 2.75) is 32.2 Å².